The zero-order valence-electron chi connectivity index (χ0n) is 13.8. The number of hydrogen-bond donors (Lipinski definition) is 2. The second-order valence-electron chi connectivity index (χ2n) is 4.33. The minimum atomic E-state index is -0.967. The molecule has 0 fully saturated rings. The van der Waals surface area contributed by atoms with E-state index in [1.807, 2.05) is 5.48 Å². The maximum atomic E-state index is 11.3. The topological polar surface area (TPSA) is 194 Å². The van der Waals surface area contributed by atoms with Gasteiger partial charge in [-0.15, -0.1) is 5.10 Å². The summed E-state index contributed by atoms with van der Waals surface area (Å²) in [5, 5.41) is 29.3. The first-order valence-electron chi connectivity index (χ1n) is 6.60. The summed E-state index contributed by atoms with van der Waals surface area (Å²) in [7, 11) is 2.39. The summed E-state index contributed by atoms with van der Waals surface area (Å²) < 4.78 is 9.97. The lowest BCUT2D eigenvalue weighted by atomic mass is 10.1. The fourth-order valence-corrected chi connectivity index (χ4v) is 1.74. The molecule has 0 aliphatic carbocycles. The zero-order valence-corrected chi connectivity index (χ0v) is 13.8. The number of ether oxygens (including phenoxy) is 2. The van der Waals surface area contributed by atoms with Gasteiger partial charge in [-0.25, -0.2) is 0 Å². The standard InChI is InChI=1S/C12H14N6O8/c1-6(19)26-16-12(13)15-14-5-7-10(18(22)23)8(17(20)21)4-9(24-2)11(7)25-3/h4-5H,1-3H3,(H3,13,15,16). The Morgan fingerprint density at radius 1 is 1.27 bits per heavy atom. The molecule has 1 aromatic carbocycles. The van der Waals surface area contributed by atoms with Gasteiger partial charge in [0.2, 0.25) is 5.96 Å². The van der Waals surface area contributed by atoms with Gasteiger partial charge in [-0.2, -0.15) is 10.6 Å². The minimum absolute atomic E-state index is 0.124. The molecule has 0 heterocycles. The highest BCUT2D eigenvalue weighted by atomic mass is 16.7. The number of benzene rings is 1. The van der Waals surface area contributed by atoms with Gasteiger partial charge in [0.15, 0.2) is 11.5 Å². The van der Waals surface area contributed by atoms with Gasteiger partial charge in [0, 0.05) is 6.92 Å². The Labute approximate surface area is 145 Å². The summed E-state index contributed by atoms with van der Waals surface area (Å²) in [6, 6.07) is 0.855. The molecule has 0 aliphatic heterocycles. The Balaban J connectivity index is 3.47. The summed E-state index contributed by atoms with van der Waals surface area (Å²) in [6.07, 6.45) is 0.814. The molecule has 14 nitrogen and oxygen atoms in total. The Morgan fingerprint density at radius 2 is 1.92 bits per heavy atom. The Hall–Kier alpha value is -3.97. The van der Waals surface area contributed by atoms with E-state index in [1.165, 1.54) is 14.2 Å². The van der Waals surface area contributed by atoms with E-state index in [2.05, 4.69) is 15.0 Å². The van der Waals surface area contributed by atoms with Crippen molar-refractivity contribution in [3.63, 3.8) is 0 Å². The Morgan fingerprint density at radius 3 is 2.38 bits per heavy atom. The first-order chi connectivity index (χ1) is 12.2. The SMILES string of the molecule is COc1cc([N+](=O)[O-])c([N+](=O)[O-])c(C=NN=C(N)NOC(C)=O)c1OC. The van der Waals surface area contributed by atoms with Gasteiger partial charge in [-0.3, -0.25) is 25.0 Å². The molecule has 0 amide bonds. The van der Waals surface area contributed by atoms with Crippen LogP contribution in [0.15, 0.2) is 16.3 Å². The molecule has 0 radical (unpaired) electrons. The molecule has 0 aliphatic rings. The van der Waals surface area contributed by atoms with Crippen molar-refractivity contribution in [2.75, 3.05) is 14.2 Å². The van der Waals surface area contributed by atoms with Crippen LogP contribution in [0.2, 0.25) is 0 Å². The summed E-state index contributed by atoms with van der Waals surface area (Å²) in [4.78, 5) is 35.5. The first kappa shape index (κ1) is 20.1. The van der Waals surface area contributed by atoms with Crippen LogP contribution in [0.5, 0.6) is 11.5 Å². The van der Waals surface area contributed by atoms with Crippen molar-refractivity contribution in [1.29, 1.82) is 0 Å². The quantitative estimate of drug-likeness (QED) is 0.303. The molecule has 0 aromatic heterocycles. The van der Waals surface area contributed by atoms with Crippen molar-refractivity contribution in [1.82, 2.24) is 5.48 Å². The first-order valence-corrected chi connectivity index (χ1v) is 6.60. The normalized spacial score (nSPS) is 11.1. The molecule has 0 bridgehead atoms. The third kappa shape index (κ3) is 4.76. The number of guanidine groups is 1. The molecule has 0 unspecified atom stereocenters. The predicted molar refractivity (Wildman–Crippen MR) is 87.0 cm³/mol. The van der Waals surface area contributed by atoms with Crippen molar-refractivity contribution in [3.8, 4) is 11.5 Å². The lowest BCUT2D eigenvalue weighted by molar-refractivity contribution is -0.422. The van der Waals surface area contributed by atoms with Crippen molar-refractivity contribution < 1.29 is 29.0 Å². The molecular weight excluding hydrogens is 356 g/mol. The molecule has 26 heavy (non-hydrogen) atoms. The molecule has 0 atom stereocenters. The fraction of sp³-hybridized carbons (Fsp3) is 0.250. The molecule has 3 N–H and O–H groups in total. The van der Waals surface area contributed by atoms with E-state index in [-0.39, 0.29) is 17.1 Å². The smallest absolute Gasteiger partial charge is 0.358 e. The summed E-state index contributed by atoms with van der Waals surface area (Å²) in [5.74, 6) is -1.44. The lowest BCUT2D eigenvalue weighted by Gasteiger charge is -2.10. The van der Waals surface area contributed by atoms with E-state index in [0.29, 0.717) is 0 Å². The van der Waals surface area contributed by atoms with Crippen molar-refractivity contribution in [3.05, 3.63) is 31.9 Å². The fourth-order valence-electron chi connectivity index (χ4n) is 1.74. The second kappa shape index (κ2) is 8.76. The number of hydrogen-bond acceptors (Lipinski definition) is 10. The number of carbonyl (C=O) groups is 1. The number of nitrogens with zero attached hydrogens (tertiary/aromatic N) is 4. The van der Waals surface area contributed by atoms with Crippen LogP contribution in [0.1, 0.15) is 12.5 Å². The lowest BCUT2D eigenvalue weighted by Crippen LogP contribution is -2.32. The molecule has 1 rings (SSSR count). The van der Waals surface area contributed by atoms with Crippen LogP contribution >= 0.6 is 0 Å². The average molecular weight is 370 g/mol. The summed E-state index contributed by atoms with van der Waals surface area (Å²) in [6.45, 7) is 1.10. The number of nitro benzene ring substituents is 2. The van der Waals surface area contributed by atoms with Gasteiger partial charge in [-0.1, -0.05) is 0 Å². The number of rotatable bonds is 6. The van der Waals surface area contributed by atoms with Gasteiger partial charge in [-0.05, 0) is 0 Å². The van der Waals surface area contributed by atoms with Crippen LogP contribution in [-0.2, 0) is 9.63 Å². The van der Waals surface area contributed by atoms with E-state index < -0.39 is 33.2 Å². The van der Waals surface area contributed by atoms with Crippen LogP contribution in [0.25, 0.3) is 0 Å². The molecule has 0 saturated carbocycles. The number of nitrogens with one attached hydrogen (secondary N) is 1. The van der Waals surface area contributed by atoms with E-state index in [1.54, 1.807) is 0 Å². The van der Waals surface area contributed by atoms with Crippen LogP contribution < -0.4 is 20.7 Å². The van der Waals surface area contributed by atoms with Crippen molar-refractivity contribution in [2.45, 2.75) is 6.92 Å². The van der Waals surface area contributed by atoms with Crippen LogP contribution in [-0.4, -0.2) is 42.2 Å². The van der Waals surface area contributed by atoms with Crippen molar-refractivity contribution >= 4 is 29.5 Å². The highest BCUT2D eigenvalue weighted by Crippen LogP contribution is 2.42. The van der Waals surface area contributed by atoms with Gasteiger partial charge >= 0.3 is 17.3 Å². The molecular formula is C12H14N6O8. The van der Waals surface area contributed by atoms with E-state index in [0.717, 1.165) is 19.2 Å². The van der Waals surface area contributed by atoms with Gasteiger partial charge < -0.3 is 20.0 Å². The number of nitro groups is 2. The highest BCUT2D eigenvalue weighted by molar-refractivity contribution is 5.94. The molecule has 1 aromatic rings. The largest absolute Gasteiger partial charge is 0.493 e. The van der Waals surface area contributed by atoms with Gasteiger partial charge in [0.05, 0.1) is 36.3 Å². The van der Waals surface area contributed by atoms with E-state index in [9.17, 15) is 25.0 Å². The minimum Gasteiger partial charge on any atom is -0.493 e. The summed E-state index contributed by atoms with van der Waals surface area (Å²) in [5.41, 5.74) is 5.22. The molecule has 0 spiro atoms. The molecule has 14 heteroatoms. The van der Waals surface area contributed by atoms with Crippen molar-refractivity contribution in [2.24, 2.45) is 15.9 Å². The number of carbonyl (C=O) groups excluding carboxylic acids is 1. The summed E-state index contributed by atoms with van der Waals surface area (Å²) >= 11 is 0. The number of methoxy groups -OCH3 is 2. The predicted octanol–water partition coefficient (Wildman–Crippen LogP) is 0.236. The Bertz CT molecular complexity index is 790. The monoisotopic (exact) mass is 370 g/mol. The number of hydroxylamine groups is 1. The Kier molecular flexibility index (Phi) is 6.77. The second-order valence-corrected chi connectivity index (χ2v) is 4.33. The maximum Gasteiger partial charge on any atom is 0.358 e. The average Bonchev–Trinajstić information content (AvgIpc) is 2.58. The molecule has 0 saturated heterocycles. The molecule has 140 valence electrons. The van der Waals surface area contributed by atoms with Crippen LogP contribution in [0.3, 0.4) is 0 Å². The van der Waals surface area contributed by atoms with E-state index >= 15 is 0 Å². The van der Waals surface area contributed by atoms with Crippen LogP contribution in [0, 0.1) is 20.2 Å². The van der Waals surface area contributed by atoms with Gasteiger partial charge in [0.25, 0.3) is 0 Å². The zero-order chi connectivity index (χ0) is 19.9. The van der Waals surface area contributed by atoms with Gasteiger partial charge in [0.1, 0.15) is 5.56 Å². The highest BCUT2D eigenvalue weighted by Gasteiger charge is 2.34. The number of nitrogens with two attached hydrogens (primary N) is 1. The maximum absolute atomic E-state index is 11.3. The van der Waals surface area contributed by atoms with E-state index in [4.69, 9.17) is 15.2 Å². The third-order valence-electron chi connectivity index (χ3n) is 2.69. The third-order valence-corrected chi connectivity index (χ3v) is 2.69. The van der Waals surface area contributed by atoms with Crippen LogP contribution in [0.4, 0.5) is 11.4 Å².